The van der Waals surface area contributed by atoms with Crippen LogP contribution in [-0.4, -0.2) is 41.6 Å². The van der Waals surface area contributed by atoms with E-state index in [0.717, 1.165) is 18.4 Å². The number of amides is 1. The minimum atomic E-state index is -1.05. The van der Waals surface area contributed by atoms with Crippen molar-refractivity contribution in [1.29, 1.82) is 0 Å². The zero-order chi connectivity index (χ0) is 18.7. The molecule has 26 heavy (non-hydrogen) atoms. The molecule has 1 aliphatic rings. The molecule has 2 aromatic carbocycles. The van der Waals surface area contributed by atoms with Crippen LogP contribution in [0.25, 0.3) is 11.1 Å². The fraction of sp³-hybridized carbons (Fsp3) is 0.300. The average molecular weight is 357 g/mol. The summed E-state index contributed by atoms with van der Waals surface area (Å²) in [6.07, 6.45) is 1.87. The van der Waals surface area contributed by atoms with Crippen LogP contribution in [-0.2, 0) is 4.79 Å². The molecule has 6 heteroatoms. The number of hydrogen-bond acceptors (Lipinski definition) is 3. The second-order valence-electron chi connectivity index (χ2n) is 6.27. The standard InChI is InChI=1S/C20H20FNO4/c1-26-15-8-5-13(6-9-15)14-7-10-16(17(21)12-14)19(23)22-11-3-2-4-18(22)20(24)25/h5-10,12,18H,2-4,11H2,1H3,(H,24,25). The van der Waals surface area contributed by atoms with Crippen LogP contribution in [0.3, 0.4) is 0 Å². The summed E-state index contributed by atoms with van der Waals surface area (Å²) >= 11 is 0. The predicted molar refractivity (Wildman–Crippen MR) is 94.7 cm³/mol. The molecule has 1 heterocycles. The molecule has 1 amide bonds. The molecule has 0 saturated carbocycles. The summed E-state index contributed by atoms with van der Waals surface area (Å²) in [5.41, 5.74) is 1.33. The van der Waals surface area contributed by atoms with Crippen LogP contribution in [0, 0.1) is 5.82 Å². The van der Waals surface area contributed by atoms with E-state index in [9.17, 15) is 19.1 Å². The summed E-state index contributed by atoms with van der Waals surface area (Å²) < 4.78 is 19.7. The largest absolute Gasteiger partial charge is 0.497 e. The highest BCUT2D eigenvalue weighted by atomic mass is 19.1. The molecular weight excluding hydrogens is 337 g/mol. The number of hydrogen-bond donors (Lipinski definition) is 1. The van der Waals surface area contributed by atoms with Gasteiger partial charge >= 0.3 is 5.97 Å². The lowest BCUT2D eigenvalue weighted by Crippen LogP contribution is -2.48. The Morgan fingerprint density at radius 3 is 2.42 bits per heavy atom. The van der Waals surface area contributed by atoms with Gasteiger partial charge in [0, 0.05) is 6.54 Å². The van der Waals surface area contributed by atoms with Crippen LogP contribution in [0.1, 0.15) is 29.6 Å². The van der Waals surface area contributed by atoms with Gasteiger partial charge in [0.05, 0.1) is 12.7 Å². The maximum atomic E-state index is 14.6. The van der Waals surface area contributed by atoms with Crippen LogP contribution < -0.4 is 4.74 Å². The van der Waals surface area contributed by atoms with E-state index in [2.05, 4.69) is 0 Å². The number of benzene rings is 2. The number of carbonyl (C=O) groups excluding carboxylic acids is 1. The topological polar surface area (TPSA) is 66.8 Å². The van der Waals surface area contributed by atoms with E-state index in [1.165, 1.54) is 17.0 Å². The van der Waals surface area contributed by atoms with Crippen molar-refractivity contribution in [3.8, 4) is 16.9 Å². The molecule has 5 nitrogen and oxygen atoms in total. The Hall–Kier alpha value is -2.89. The van der Waals surface area contributed by atoms with Gasteiger partial charge in [-0.05, 0) is 54.7 Å². The molecule has 1 saturated heterocycles. The number of carbonyl (C=O) groups is 2. The lowest BCUT2D eigenvalue weighted by Gasteiger charge is -2.33. The first-order chi connectivity index (χ1) is 12.5. The minimum Gasteiger partial charge on any atom is -0.497 e. The molecule has 0 bridgehead atoms. The molecule has 1 fully saturated rings. The number of aliphatic carboxylic acids is 1. The number of likely N-dealkylation sites (tertiary alicyclic amines) is 1. The third-order valence-corrected chi connectivity index (χ3v) is 4.67. The molecule has 1 unspecified atom stereocenters. The molecule has 0 aliphatic carbocycles. The maximum absolute atomic E-state index is 14.6. The first-order valence-corrected chi connectivity index (χ1v) is 8.49. The molecule has 0 spiro atoms. The Bertz CT molecular complexity index is 819. The number of ether oxygens (including phenoxy) is 1. The summed E-state index contributed by atoms with van der Waals surface area (Å²) in [5, 5.41) is 9.31. The Labute approximate surface area is 151 Å². The van der Waals surface area contributed by atoms with Crippen molar-refractivity contribution in [3.63, 3.8) is 0 Å². The summed E-state index contributed by atoms with van der Waals surface area (Å²) in [4.78, 5) is 25.3. The predicted octanol–water partition coefficient (Wildman–Crippen LogP) is 3.58. The second-order valence-corrected chi connectivity index (χ2v) is 6.27. The number of carboxylic acids is 1. The van der Waals surface area contributed by atoms with E-state index in [1.54, 1.807) is 37.4 Å². The number of piperidine rings is 1. The quantitative estimate of drug-likeness (QED) is 0.908. The van der Waals surface area contributed by atoms with Crippen molar-refractivity contribution in [2.45, 2.75) is 25.3 Å². The molecular formula is C20H20FNO4. The summed E-state index contributed by atoms with van der Waals surface area (Å²) in [5.74, 6) is -1.58. The van der Waals surface area contributed by atoms with Crippen LogP contribution in [0.4, 0.5) is 4.39 Å². The smallest absolute Gasteiger partial charge is 0.326 e. The van der Waals surface area contributed by atoms with Crippen LogP contribution >= 0.6 is 0 Å². The van der Waals surface area contributed by atoms with Crippen molar-refractivity contribution in [3.05, 3.63) is 53.8 Å². The minimum absolute atomic E-state index is 0.101. The van der Waals surface area contributed by atoms with Crippen molar-refractivity contribution in [2.75, 3.05) is 13.7 Å². The van der Waals surface area contributed by atoms with Crippen molar-refractivity contribution < 1.29 is 23.8 Å². The van der Waals surface area contributed by atoms with Gasteiger partial charge in [0.1, 0.15) is 17.6 Å². The summed E-state index contributed by atoms with van der Waals surface area (Å²) in [6, 6.07) is 10.7. The van der Waals surface area contributed by atoms with Crippen molar-refractivity contribution >= 4 is 11.9 Å². The molecule has 0 aromatic heterocycles. The Morgan fingerprint density at radius 1 is 1.12 bits per heavy atom. The van der Waals surface area contributed by atoms with Gasteiger partial charge in [-0.3, -0.25) is 4.79 Å². The average Bonchev–Trinajstić information content (AvgIpc) is 2.67. The third kappa shape index (κ3) is 3.54. The van der Waals surface area contributed by atoms with Crippen molar-refractivity contribution in [2.24, 2.45) is 0 Å². The lowest BCUT2D eigenvalue weighted by atomic mass is 9.99. The van der Waals surface area contributed by atoms with E-state index in [1.807, 2.05) is 0 Å². The van der Waals surface area contributed by atoms with Gasteiger partial charge in [-0.25, -0.2) is 9.18 Å². The Balaban J connectivity index is 1.86. The zero-order valence-electron chi connectivity index (χ0n) is 14.4. The highest BCUT2D eigenvalue weighted by Crippen LogP contribution is 2.26. The van der Waals surface area contributed by atoms with Gasteiger partial charge in [0.25, 0.3) is 5.91 Å². The van der Waals surface area contributed by atoms with Gasteiger partial charge in [-0.2, -0.15) is 0 Å². The van der Waals surface area contributed by atoms with E-state index >= 15 is 0 Å². The maximum Gasteiger partial charge on any atom is 0.326 e. The van der Waals surface area contributed by atoms with Gasteiger partial charge in [-0.15, -0.1) is 0 Å². The van der Waals surface area contributed by atoms with Gasteiger partial charge in [0.2, 0.25) is 0 Å². The molecule has 2 aromatic rings. The third-order valence-electron chi connectivity index (χ3n) is 4.67. The molecule has 0 radical (unpaired) electrons. The number of rotatable bonds is 4. The van der Waals surface area contributed by atoms with Gasteiger partial charge in [-0.1, -0.05) is 18.2 Å². The molecule has 3 rings (SSSR count). The second kappa shape index (κ2) is 7.56. The Kier molecular flexibility index (Phi) is 5.21. The summed E-state index contributed by atoms with van der Waals surface area (Å²) in [6.45, 7) is 0.329. The van der Waals surface area contributed by atoms with Crippen LogP contribution in [0.2, 0.25) is 0 Å². The van der Waals surface area contributed by atoms with E-state index < -0.39 is 23.7 Å². The number of carboxylic acid groups (broad SMARTS) is 1. The molecule has 136 valence electrons. The highest BCUT2D eigenvalue weighted by Gasteiger charge is 2.33. The first-order valence-electron chi connectivity index (χ1n) is 8.49. The first kappa shape index (κ1) is 17.9. The molecule has 1 N–H and O–H groups in total. The summed E-state index contributed by atoms with van der Waals surface area (Å²) in [7, 11) is 1.57. The fourth-order valence-corrected chi connectivity index (χ4v) is 3.24. The number of nitrogens with zero attached hydrogens (tertiary/aromatic N) is 1. The van der Waals surface area contributed by atoms with Crippen LogP contribution in [0.5, 0.6) is 5.75 Å². The monoisotopic (exact) mass is 357 g/mol. The fourth-order valence-electron chi connectivity index (χ4n) is 3.24. The normalized spacial score (nSPS) is 17.0. The van der Waals surface area contributed by atoms with Crippen molar-refractivity contribution in [1.82, 2.24) is 4.90 Å². The van der Waals surface area contributed by atoms with Crippen LogP contribution in [0.15, 0.2) is 42.5 Å². The number of halogens is 1. The molecule has 1 atom stereocenters. The Morgan fingerprint density at radius 2 is 1.81 bits per heavy atom. The SMILES string of the molecule is COc1ccc(-c2ccc(C(=O)N3CCCCC3C(=O)O)c(F)c2)cc1. The van der Waals surface area contributed by atoms with E-state index in [0.29, 0.717) is 24.3 Å². The van der Waals surface area contributed by atoms with E-state index in [4.69, 9.17) is 4.74 Å². The zero-order valence-corrected chi connectivity index (χ0v) is 14.4. The molecule has 1 aliphatic heterocycles. The lowest BCUT2D eigenvalue weighted by molar-refractivity contribution is -0.143. The van der Waals surface area contributed by atoms with Gasteiger partial charge in [0.15, 0.2) is 0 Å². The van der Waals surface area contributed by atoms with Gasteiger partial charge < -0.3 is 14.7 Å². The van der Waals surface area contributed by atoms with E-state index in [-0.39, 0.29) is 5.56 Å². The highest BCUT2D eigenvalue weighted by molar-refractivity contribution is 5.97. The number of methoxy groups -OCH3 is 1.